The number of rotatable bonds is 7. The molecule has 4 heterocycles. The number of likely N-dealkylation sites (N-methyl/N-ethyl adjacent to an activating group) is 1. The Labute approximate surface area is 222 Å². The third-order valence-electron chi connectivity index (χ3n) is 6.41. The Morgan fingerprint density at radius 2 is 1.85 bits per heavy atom. The molecule has 4 aromatic heterocycles. The summed E-state index contributed by atoms with van der Waals surface area (Å²) in [6, 6.07) is 11.3. The number of imidazole rings is 1. The molecular weight excluding hydrogens is 500 g/mol. The zero-order valence-corrected chi connectivity index (χ0v) is 21.3. The summed E-state index contributed by atoms with van der Waals surface area (Å²) in [6.07, 6.45) is 4.71. The van der Waals surface area contributed by atoms with E-state index < -0.39 is 5.82 Å². The van der Waals surface area contributed by atoms with Crippen molar-refractivity contribution in [3.05, 3.63) is 72.7 Å². The summed E-state index contributed by atoms with van der Waals surface area (Å²) in [4.78, 5) is 18.7. The number of aromatic amines is 2. The van der Waals surface area contributed by atoms with Crippen molar-refractivity contribution in [2.45, 2.75) is 0 Å². The van der Waals surface area contributed by atoms with Gasteiger partial charge in [-0.2, -0.15) is 5.10 Å². The fourth-order valence-electron chi connectivity index (χ4n) is 4.56. The zero-order chi connectivity index (χ0) is 27.1. The lowest BCUT2D eigenvalue weighted by molar-refractivity contribution is 0.425. The van der Waals surface area contributed by atoms with Crippen LogP contribution in [0.2, 0.25) is 0 Å². The van der Waals surface area contributed by atoms with Gasteiger partial charge >= 0.3 is 0 Å². The van der Waals surface area contributed by atoms with Gasteiger partial charge in [0.1, 0.15) is 22.8 Å². The number of H-pyrrole nitrogens is 2. The monoisotopic (exact) mass is 525 g/mol. The number of benzene rings is 2. The maximum atomic E-state index is 15.0. The summed E-state index contributed by atoms with van der Waals surface area (Å²) in [5.41, 5.74) is 11.3. The molecule has 0 radical (unpaired) electrons. The Hall–Kier alpha value is -4.90. The summed E-state index contributed by atoms with van der Waals surface area (Å²) >= 11 is 0. The van der Waals surface area contributed by atoms with Crippen molar-refractivity contribution in [3.63, 3.8) is 0 Å². The second kappa shape index (κ2) is 9.76. The Morgan fingerprint density at radius 3 is 2.67 bits per heavy atom. The smallest absolute Gasteiger partial charge is 0.159 e. The van der Waals surface area contributed by atoms with Crippen molar-refractivity contribution >= 4 is 33.3 Å². The quantitative estimate of drug-likeness (QED) is 0.230. The summed E-state index contributed by atoms with van der Waals surface area (Å²) in [5.74, 6) is -0.338. The first-order valence-electron chi connectivity index (χ1n) is 12.3. The number of halogens is 2. The van der Waals surface area contributed by atoms with Crippen molar-refractivity contribution in [1.29, 1.82) is 0 Å². The van der Waals surface area contributed by atoms with Crippen LogP contribution in [-0.4, -0.2) is 62.2 Å². The molecular formula is C28H25F2N9. The maximum Gasteiger partial charge on any atom is 0.159 e. The predicted octanol–water partition coefficient (Wildman–Crippen LogP) is 5.06. The minimum absolute atomic E-state index is 0.345. The van der Waals surface area contributed by atoms with Gasteiger partial charge in [-0.3, -0.25) is 15.1 Å². The highest BCUT2D eigenvalue weighted by Gasteiger charge is 2.19. The number of aromatic nitrogens is 6. The van der Waals surface area contributed by atoms with Crippen LogP contribution in [0.1, 0.15) is 0 Å². The normalized spacial score (nSPS) is 11.6. The standard InChI is InChI=1S/C28H25F2N9/c1-39(2)6-5-33-19-9-15(7-17(29)10-19)25-27-23(3-4-34-25)35-28(36-27)26-21-11-20(16-8-18(31)14-32-13-16)22(30)12-24(21)37-38-26/h3-4,7-14,33H,5-6,31H2,1-2H3,(H,35,36)(H,37,38). The number of nitrogens with one attached hydrogen (secondary N) is 3. The van der Waals surface area contributed by atoms with Gasteiger partial charge in [-0.25, -0.2) is 13.8 Å². The van der Waals surface area contributed by atoms with Crippen LogP contribution in [-0.2, 0) is 0 Å². The van der Waals surface area contributed by atoms with Gasteiger partial charge in [0.05, 0.1) is 22.4 Å². The SMILES string of the molecule is CN(C)CCNc1cc(F)cc(-c2nccc3[nH]c(-c4n[nH]c5cc(F)c(-c6cncc(N)c6)cc45)nc23)c1. The maximum absolute atomic E-state index is 15.0. The zero-order valence-electron chi connectivity index (χ0n) is 21.3. The third kappa shape index (κ3) is 4.75. The van der Waals surface area contributed by atoms with Crippen molar-refractivity contribution in [2.24, 2.45) is 0 Å². The first-order chi connectivity index (χ1) is 18.9. The van der Waals surface area contributed by atoms with Crippen LogP contribution < -0.4 is 11.1 Å². The highest BCUT2D eigenvalue weighted by Crippen LogP contribution is 2.34. The molecule has 0 fully saturated rings. The molecule has 39 heavy (non-hydrogen) atoms. The number of nitrogens with zero attached hydrogens (tertiary/aromatic N) is 5. The Kier molecular flexibility index (Phi) is 6.12. The lowest BCUT2D eigenvalue weighted by Gasteiger charge is -2.12. The summed E-state index contributed by atoms with van der Waals surface area (Å²) < 4.78 is 29.5. The van der Waals surface area contributed by atoms with Crippen LogP contribution >= 0.6 is 0 Å². The summed E-state index contributed by atoms with van der Waals surface area (Å²) in [6.45, 7) is 1.47. The number of nitrogens with two attached hydrogens (primary N) is 1. The molecule has 0 aliphatic carbocycles. The van der Waals surface area contributed by atoms with Crippen LogP contribution in [0.4, 0.5) is 20.2 Å². The minimum Gasteiger partial charge on any atom is -0.397 e. The second-order valence-corrected chi connectivity index (χ2v) is 9.56. The summed E-state index contributed by atoms with van der Waals surface area (Å²) in [5, 5.41) is 11.2. The third-order valence-corrected chi connectivity index (χ3v) is 6.41. The number of anilines is 2. The molecule has 0 bridgehead atoms. The molecule has 0 unspecified atom stereocenters. The first kappa shape index (κ1) is 24.4. The molecule has 0 aliphatic heterocycles. The lowest BCUT2D eigenvalue weighted by Crippen LogP contribution is -2.20. The number of nitrogen functional groups attached to an aromatic ring is 1. The van der Waals surface area contributed by atoms with Crippen LogP contribution in [0, 0.1) is 11.6 Å². The highest BCUT2D eigenvalue weighted by atomic mass is 19.1. The average molecular weight is 526 g/mol. The molecule has 0 saturated heterocycles. The van der Waals surface area contributed by atoms with E-state index in [1.165, 1.54) is 24.4 Å². The Morgan fingerprint density at radius 1 is 0.974 bits per heavy atom. The number of hydrogen-bond acceptors (Lipinski definition) is 7. The van der Waals surface area contributed by atoms with Crippen molar-refractivity contribution in [2.75, 3.05) is 38.2 Å². The second-order valence-electron chi connectivity index (χ2n) is 9.56. The Bertz CT molecular complexity index is 1820. The van der Waals surface area contributed by atoms with Gasteiger partial charge in [-0.15, -0.1) is 0 Å². The van der Waals surface area contributed by atoms with E-state index in [2.05, 4.69) is 30.5 Å². The van der Waals surface area contributed by atoms with Gasteiger partial charge in [0.25, 0.3) is 0 Å². The number of hydrogen-bond donors (Lipinski definition) is 4. The van der Waals surface area contributed by atoms with Gasteiger partial charge in [-0.05, 0) is 50.5 Å². The van der Waals surface area contributed by atoms with Crippen molar-refractivity contribution < 1.29 is 8.78 Å². The van der Waals surface area contributed by atoms with Crippen molar-refractivity contribution in [3.8, 4) is 33.9 Å². The van der Waals surface area contributed by atoms with E-state index in [9.17, 15) is 8.78 Å². The fraction of sp³-hybridized carbons (Fsp3) is 0.143. The van der Waals surface area contributed by atoms with E-state index >= 15 is 0 Å². The topological polar surface area (TPSA) is 124 Å². The van der Waals surface area contributed by atoms with Gasteiger partial charge in [0, 0.05) is 65.5 Å². The molecule has 2 aromatic carbocycles. The summed E-state index contributed by atoms with van der Waals surface area (Å²) in [7, 11) is 3.96. The van der Waals surface area contributed by atoms with E-state index in [-0.39, 0.29) is 5.82 Å². The van der Waals surface area contributed by atoms with E-state index in [0.717, 1.165) is 6.54 Å². The van der Waals surface area contributed by atoms with Crippen LogP contribution in [0.15, 0.2) is 61.1 Å². The molecule has 11 heteroatoms. The fourth-order valence-corrected chi connectivity index (χ4v) is 4.56. The molecule has 9 nitrogen and oxygen atoms in total. The first-order valence-corrected chi connectivity index (χ1v) is 12.3. The van der Waals surface area contributed by atoms with Crippen LogP contribution in [0.25, 0.3) is 55.8 Å². The molecule has 0 saturated carbocycles. The molecule has 0 aliphatic rings. The number of fused-ring (bicyclic) bond motifs is 2. The molecule has 0 spiro atoms. The largest absolute Gasteiger partial charge is 0.397 e. The van der Waals surface area contributed by atoms with Crippen molar-refractivity contribution in [1.82, 2.24) is 35.0 Å². The Balaban J connectivity index is 1.42. The van der Waals surface area contributed by atoms with Crippen LogP contribution in [0.3, 0.4) is 0 Å². The predicted molar refractivity (Wildman–Crippen MR) is 149 cm³/mol. The average Bonchev–Trinajstić information content (AvgIpc) is 3.51. The minimum atomic E-state index is -0.428. The lowest BCUT2D eigenvalue weighted by atomic mass is 10.0. The molecule has 0 amide bonds. The molecule has 6 aromatic rings. The van der Waals surface area contributed by atoms with Crippen LogP contribution in [0.5, 0.6) is 0 Å². The molecule has 196 valence electrons. The highest BCUT2D eigenvalue weighted by molar-refractivity contribution is 5.98. The van der Waals surface area contributed by atoms with E-state index in [1.54, 1.807) is 30.6 Å². The molecule has 6 rings (SSSR count). The van der Waals surface area contributed by atoms with E-state index in [0.29, 0.717) is 73.8 Å². The van der Waals surface area contributed by atoms with Gasteiger partial charge in [0.15, 0.2) is 5.82 Å². The molecule has 5 N–H and O–H groups in total. The molecule has 0 atom stereocenters. The van der Waals surface area contributed by atoms with E-state index in [4.69, 9.17) is 10.7 Å². The van der Waals surface area contributed by atoms with Gasteiger partial charge in [-0.1, -0.05) is 0 Å². The van der Waals surface area contributed by atoms with Gasteiger partial charge in [0.2, 0.25) is 0 Å². The van der Waals surface area contributed by atoms with Gasteiger partial charge < -0.3 is 20.9 Å². The van der Waals surface area contributed by atoms with E-state index in [1.807, 2.05) is 25.1 Å². The number of pyridine rings is 2.